The average molecular weight is 803 g/mol. The topological polar surface area (TPSA) is 34.9 Å². The fourth-order valence-electron chi connectivity index (χ4n) is 7.08. The summed E-state index contributed by atoms with van der Waals surface area (Å²) in [5.74, 6) is 2.61. The van der Waals surface area contributed by atoms with Crippen LogP contribution in [0.2, 0.25) is 0 Å². The van der Waals surface area contributed by atoms with Gasteiger partial charge in [0.05, 0.1) is 0 Å². The fourth-order valence-corrected chi connectivity index (χ4v) is 7.08. The number of hydrogen-bond acceptors (Lipinski definition) is 1. The van der Waals surface area contributed by atoms with Crippen LogP contribution in [0.1, 0.15) is 124 Å². The Balaban J connectivity index is 0.00000170. The Morgan fingerprint density at radius 2 is 1.58 bits per heavy atom. The first-order valence-electron chi connectivity index (χ1n) is 17.5. The van der Waals surface area contributed by atoms with Gasteiger partial charge in [-0.05, 0) is 70.0 Å². The Labute approximate surface area is 308 Å². The Bertz CT molecular complexity index is 1780. The van der Waals surface area contributed by atoms with Crippen LogP contribution in [0.5, 0.6) is 0 Å². The predicted octanol–water partition coefficient (Wildman–Crippen LogP) is 11.4. The zero-order chi connectivity index (χ0) is 33.8. The maximum Gasteiger partial charge on any atom is 0.345 e. The molecule has 0 amide bonds. The summed E-state index contributed by atoms with van der Waals surface area (Å²) in [7, 11) is 2.14. The molecule has 2 aliphatic rings. The van der Waals surface area contributed by atoms with Gasteiger partial charge < -0.3 is 16.8 Å². The molecule has 0 saturated carbocycles. The number of rotatable bonds is 10. The third-order valence-corrected chi connectivity index (χ3v) is 9.47. The Kier molecular flexibility index (Phi) is 12.8. The summed E-state index contributed by atoms with van der Waals surface area (Å²) in [5, 5.41) is 5.80. The molecule has 5 heteroatoms. The molecular formula is C43H52HfN4-2. The van der Waals surface area contributed by atoms with Crippen LogP contribution in [-0.4, -0.2) is 15.3 Å². The van der Waals surface area contributed by atoms with Crippen LogP contribution in [0.4, 0.5) is 17.2 Å². The Morgan fingerprint density at radius 3 is 2.17 bits per heavy atom. The third-order valence-electron chi connectivity index (χ3n) is 9.47. The minimum absolute atomic E-state index is 0. The van der Waals surface area contributed by atoms with Crippen molar-refractivity contribution < 1.29 is 25.8 Å². The number of imidazole rings is 1. The second kappa shape index (κ2) is 16.4. The molecule has 0 spiro atoms. The first kappa shape index (κ1) is 37.5. The van der Waals surface area contributed by atoms with Crippen molar-refractivity contribution in [3.05, 3.63) is 136 Å². The number of fused-ring (bicyclic) bond motifs is 3. The molecule has 0 saturated heterocycles. The van der Waals surface area contributed by atoms with Gasteiger partial charge in [-0.15, -0.1) is 11.8 Å². The van der Waals surface area contributed by atoms with Gasteiger partial charge in [-0.1, -0.05) is 114 Å². The SMILES string of the molecule is CCc1cc(CC)c(C([N-]c2c(C(C)C)cccc2C(C)C)c2nc([N+]3=C4CC=CC=C4c4ccc[c-]c43)cn2C)c(CC)c1.[CH2-]C.[Hf]. The zero-order valence-corrected chi connectivity index (χ0v) is 34.1. The normalized spacial score (nSPS) is 13.9. The summed E-state index contributed by atoms with van der Waals surface area (Å²) in [5.41, 5.74) is 14.0. The Hall–Kier alpha value is -3.31. The molecule has 48 heavy (non-hydrogen) atoms. The largest absolute Gasteiger partial charge is 0.670 e. The van der Waals surface area contributed by atoms with Crippen LogP contribution >= 0.6 is 0 Å². The molecule has 1 aliphatic carbocycles. The molecule has 1 aromatic heterocycles. The smallest absolute Gasteiger partial charge is 0.345 e. The van der Waals surface area contributed by atoms with E-state index in [2.05, 4.69) is 145 Å². The molecule has 2 heterocycles. The maximum absolute atomic E-state index is 5.80. The maximum atomic E-state index is 5.80. The quantitative estimate of drug-likeness (QED) is 0.0893. The van der Waals surface area contributed by atoms with Gasteiger partial charge in [0.25, 0.3) is 0 Å². The van der Waals surface area contributed by atoms with E-state index in [1.165, 1.54) is 50.2 Å². The molecule has 4 nitrogen and oxygen atoms in total. The molecule has 4 aromatic rings. The van der Waals surface area contributed by atoms with E-state index in [0.29, 0.717) is 11.8 Å². The molecule has 1 atom stereocenters. The van der Waals surface area contributed by atoms with E-state index in [4.69, 9.17) is 10.3 Å². The number of benzene rings is 3. The van der Waals surface area contributed by atoms with Crippen LogP contribution in [-0.2, 0) is 52.2 Å². The van der Waals surface area contributed by atoms with Crippen LogP contribution in [0.15, 0.2) is 73.0 Å². The molecule has 0 fully saturated rings. The minimum atomic E-state index is -0.245. The van der Waals surface area contributed by atoms with Gasteiger partial charge in [-0.25, -0.2) is 4.58 Å². The van der Waals surface area contributed by atoms with Gasteiger partial charge in [0, 0.05) is 45.0 Å². The predicted molar refractivity (Wildman–Crippen MR) is 202 cm³/mol. The van der Waals surface area contributed by atoms with E-state index in [1.807, 2.05) is 6.07 Å². The number of nitrogens with zero attached hydrogens (tertiary/aromatic N) is 4. The van der Waals surface area contributed by atoms with Gasteiger partial charge >= 0.3 is 5.82 Å². The summed E-state index contributed by atoms with van der Waals surface area (Å²) in [4.78, 5) is 5.50. The summed E-state index contributed by atoms with van der Waals surface area (Å²) in [6, 6.07) is 21.1. The summed E-state index contributed by atoms with van der Waals surface area (Å²) in [6.45, 7) is 20.9. The summed E-state index contributed by atoms with van der Waals surface area (Å²) in [6.07, 6.45) is 12.6. The molecular weight excluding hydrogens is 751 g/mol. The van der Waals surface area contributed by atoms with E-state index in [0.717, 1.165) is 48.7 Å². The van der Waals surface area contributed by atoms with Crippen molar-refractivity contribution >= 4 is 28.5 Å². The van der Waals surface area contributed by atoms with E-state index in [9.17, 15) is 0 Å². The van der Waals surface area contributed by atoms with Crippen molar-refractivity contribution in [3.8, 4) is 0 Å². The minimum Gasteiger partial charge on any atom is -0.670 e. The van der Waals surface area contributed by atoms with Crippen LogP contribution < -0.4 is 4.58 Å². The molecule has 0 bridgehead atoms. The van der Waals surface area contributed by atoms with Crippen molar-refractivity contribution in [1.82, 2.24) is 14.1 Å². The monoisotopic (exact) mass is 804 g/mol. The van der Waals surface area contributed by atoms with Gasteiger partial charge in [-0.3, -0.25) is 0 Å². The number of para-hydroxylation sites is 2. The summed E-state index contributed by atoms with van der Waals surface area (Å²) < 4.78 is 4.53. The first-order valence-corrected chi connectivity index (χ1v) is 17.5. The van der Waals surface area contributed by atoms with Crippen LogP contribution in [0.25, 0.3) is 10.9 Å². The number of aromatic nitrogens is 2. The van der Waals surface area contributed by atoms with Crippen LogP contribution in [0.3, 0.4) is 0 Å². The molecule has 1 unspecified atom stereocenters. The van der Waals surface area contributed by atoms with E-state index >= 15 is 0 Å². The average Bonchev–Trinajstić information content (AvgIpc) is 3.64. The van der Waals surface area contributed by atoms with Crippen molar-refractivity contribution in [3.63, 3.8) is 0 Å². The molecule has 0 radical (unpaired) electrons. The molecule has 250 valence electrons. The molecule has 3 aromatic carbocycles. The molecule has 6 rings (SSSR count). The third kappa shape index (κ3) is 7.04. The van der Waals surface area contributed by atoms with E-state index in [-0.39, 0.29) is 31.9 Å². The zero-order valence-electron chi connectivity index (χ0n) is 30.5. The summed E-state index contributed by atoms with van der Waals surface area (Å²) >= 11 is 0. The van der Waals surface area contributed by atoms with Crippen molar-refractivity contribution in [1.29, 1.82) is 0 Å². The van der Waals surface area contributed by atoms with Crippen molar-refractivity contribution in [2.45, 2.75) is 99.0 Å². The van der Waals surface area contributed by atoms with Crippen LogP contribution in [0, 0.1) is 13.0 Å². The van der Waals surface area contributed by atoms with Gasteiger partial charge in [-0.2, -0.15) is 25.1 Å². The van der Waals surface area contributed by atoms with E-state index in [1.54, 1.807) is 6.92 Å². The first-order chi connectivity index (χ1) is 22.8. The fraction of sp³-hybridized carbons (Fsp3) is 0.372. The van der Waals surface area contributed by atoms with Gasteiger partial charge in [0.15, 0.2) is 0 Å². The second-order valence-electron chi connectivity index (χ2n) is 13.0. The number of aryl methyl sites for hydroxylation is 4. The number of allylic oxidation sites excluding steroid dienone is 4. The second-order valence-corrected chi connectivity index (χ2v) is 13.0. The van der Waals surface area contributed by atoms with Crippen molar-refractivity contribution in [2.75, 3.05) is 0 Å². The van der Waals surface area contributed by atoms with Crippen molar-refractivity contribution in [2.24, 2.45) is 7.05 Å². The standard InChI is InChI=1S/C41H47N4.C2H5.Hf/c1-9-28-23-29(10-2)38(30(11-3)24-28)40(43-39-31(26(4)5)19-16-20-32(39)27(6)7)41-42-37(25-44(41)8)45-35-21-14-12-17-33(35)34-18-13-15-22-36(34)45;1-2;/h12-20,23-27,40H,9-11,21H2,1-8H3;1H2,2H3;/q2*-1;. The molecule has 0 N–H and O–H groups in total. The van der Waals surface area contributed by atoms with E-state index < -0.39 is 0 Å². The van der Waals surface area contributed by atoms with Gasteiger partial charge in [0.2, 0.25) is 5.82 Å². The molecule has 1 aliphatic heterocycles. The number of hydrogen-bond donors (Lipinski definition) is 0. The van der Waals surface area contributed by atoms with Gasteiger partial charge in [0.1, 0.15) is 11.9 Å². The Morgan fingerprint density at radius 1 is 0.938 bits per heavy atom.